The van der Waals surface area contributed by atoms with E-state index in [0.717, 1.165) is 4.57 Å². The van der Waals surface area contributed by atoms with Gasteiger partial charge in [0.1, 0.15) is 0 Å². The lowest BCUT2D eigenvalue weighted by Gasteiger charge is -2.19. The molecule has 0 atom stereocenters. The maximum absolute atomic E-state index is 12.6. The Labute approximate surface area is 133 Å². The van der Waals surface area contributed by atoms with E-state index in [1.807, 2.05) is 34.9 Å². The molecular formula is C17H20N4O2. The Morgan fingerprint density at radius 2 is 1.74 bits per heavy atom. The minimum atomic E-state index is -0.394. The van der Waals surface area contributed by atoms with Gasteiger partial charge < -0.3 is 4.57 Å². The first kappa shape index (κ1) is 15.3. The molecule has 3 rings (SSSR count). The number of hydrogen-bond acceptors (Lipinski definition) is 3. The number of hydrogen-bond donors (Lipinski definition) is 0. The third-order valence-corrected chi connectivity index (χ3v) is 3.67. The van der Waals surface area contributed by atoms with Crippen LogP contribution in [0.5, 0.6) is 0 Å². The second kappa shape index (κ2) is 5.22. The fourth-order valence-corrected chi connectivity index (χ4v) is 2.68. The summed E-state index contributed by atoms with van der Waals surface area (Å²) >= 11 is 0. The van der Waals surface area contributed by atoms with E-state index in [-0.39, 0.29) is 11.0 Å². The van der Waals surface area contributed by atoms with Crippen LogP contribution in [-0.2, 0) is 13.6 Å². The maximum Gasteiger partial charge on any atom is 0.337 e. The molecule has 0 aliphatic carbocycles. The van der Waals surface area contributed by atoms with Crippen molar-refractivity contribution in [2.45, 2.75) is 27.3 Å². The average Bonchev–Trinajstić information content (AvgIpc) is 2.88. The van der Waals surface area contributed by atoms with E-state index in [4.69, 9.17) is 0 Å². The standard InChI is InChI=1S/C17H20N4O2/c1-17(2,3)10-20-11-18-14-13(20)15(22)19(4)16(23)21(14)12-8-6-5-7-9-12/h5-9,11H,10H2,1-4H3. The van der Waals surface area contributed by atoms with E-state index < -0.39 is 5.69 Å². The quantitative estimate of drug-likeness (QED) is 0.726. The SMILES string of the molecule is Cn1c(=O)c2c(ncn2CC(C)(C)C)n(-c2ccccc2)c1=O. The second-order valence-corrected chi connectivity index (χ2v) is 6.92. The predicted molar refractivity (Wildman–Crippen MR) is 90.0 cm³/mol. The zero-order valence-corrected chi connectivity index (χ0v) is 13.8. The van der Waals surface area contributed by atoms with Gasteiger partial charge in [0.2, 0.25) is 0 Å². The first-order valence-corrected chi connectivity index (χ1v) is 7.52. The monoisotopic (exact) mass is 312 g/mol. The normalized spacial score (nSPS) is 12.0. The average molecular weight is 312 g/mol. The van der Waals surface area contributed by atoms with Crippen molar-refractivity contribution in [1.29, 1.82) is 0 Å². The maximum atomic E-state index is 12.6. The molecule has 2 aromatic heterocycles. The van der Waals surface area contributed by atoms with Crippen LogP contribution in [0.25, 0.3) is 16.9 Å². The Kier molecular flexibility index (Phi) is 3.47. The fraction of sp³-hybridized carbons (Fsp3) is 0.353. The molecule has 0 saturated heterocycles. The largest absolute Gasteiger partial charge is 0.337 e. The van der Waals surface area contributed by atoms with Crippen molar-refractivity contribution in [3.05, 3.63) is 57.5 Å². The van der Waals surface area contributed by atoms with Crippen molar-refractivity contribution in [3.8, 4) is 5.69 Å². The smallest absolute Gasteiger partial charge is 0.324 e. The lowest BCUT2D eigenvalue weighted by atomic mass is 9.97. The molecule has 23 heavy (non-hydrogen) atoms. The minimum absolute atomic E-state index is 0.00758. The van der Waals surface area contributed by atoms with Crippen LogP contribution in [0.3, 0.4) is 0 Å². The highest BCUT2D eigenvalue weighted by Gasteiger charge is 2.20. The lowest BCUT2D eigenvalue weighted by molar-refractivity contribution is 0.348. The van der Waals surface area contributed by atoms with Gasteiger partial charge in [0.05, 0.1) is 12.0 Å². The van der Waals surface area contributed by atoms with Crippen molar-refractivity contribution < 1.29 is 0 Å². The van der Waals surface area contributed by atoms with E-state index in [9.17, 15) is 9.59 Å². The summed E-state index contributed by atoms with van der Waals surface area (Å²) in [5.74, 6) is 0. The number of para-hydroxylation sites is 1. The summed E-state index contributed by atoms with van der Waals surface area (Å²) in [6, 6.07) is 9.24. The van der Waals surface area contributed by atoms with Gasteiger partial charge in [0.25, 0.3) is 5.56 Å². The van der Waals surface area contributed by atoms with E-state index in [2.05, 4.69) is 25.8 Å². The highest BCUT2D eigenvalue weighted by Crippen LogP contribution is 2.19. The molecule has 1 aromatic carbocycles. The number of fused-ring (bicyclic) bond motifs is 1. The summed E-state index contributed by atoms with van der Waals surface area (Å²) in [6.07, 6.45) is 1.64. The van der Waals surface area contributed by atoms with E-state index in [1.54, 1.807) is 6.33 Å². The van der Waals surface area contributed by atoms with Gasteiger partial charge in [-0.2, -0.15) is 0 Å². The molecule has 2 heterocycles. The predicted octanol–water partition coefficient (Wildman–Crippen LogP) is 1.93. The van der Waals surface area contributed by atoms with Gasteiger partial charge >= 0.3 is 5.69 Å². The molecule has 0 aliphatic rings. The van der Waals surface area contributed by atoms with Crippen LogP contribution in [0, 0.1) is 5.41 Å². The van der Waals surface area contributed by atoms with Crippen LogP contribution in [0.15, 0.2) is 46.2 Å². The molecule has 0 saturated carbocycles. The zero-order chi connectivity index (χ0) is 16.8. The summed E-state index contributed by atoms with van der Waals surface area (Å²) in [6.45, 7) is 6.93. The highest BCUT2D eigenvalue weighted by molar-refractivity contribution is 5.72. The van der Waals surface area contributed by atoms with Gasteiger partial charge in [-0.3, -0.25) is 9.36 Å². The molecular weight excluding hydrogens is 292 g/mol. The van der Waals surface area contributed by atoms with Crippen LogP contribution < -0.4 is 11.2 Å². The molecule has 0 unspecified atom stereocenters. The van der Waals surface area contributed by atoms with Gasteiger partial charge in [0, 0.05) is 13.6 Å². The summed E-state index contributed by atoms with van der Waals surface area (Å²) in [5.41, 5.74) is 0.819. The van der Waals surface area contributed by atoms with Crippen LogP contribution in [0.4, 0.5) is 0 Å². The Hall–Kier alpha value is -2.63. The number of benzene rings is 1. The molecule has 3 aromatic rings. The number of nitrogens with zero attached hydrogens (tertiary/aromatic N) is 4. The molecule has 120 valence electrons. The van der Waals surface area contributed by atoms with Crippen LogP contribution in [-0.4, -0.2) is 18.7 Å². The summed E-state index contributed by atoms with van der Waals surface area (Å²) < 4.78 is 4.45. The zero-order valence-electron chi connectivity index (χ0n) is 13.8. The Bertz CT molecular complexity index is 972. The first-order valence-electron chi connectivity index (χ1n) is 7.52. The first-order chi connectivity index (χ1) is 10.8. The molecule has 0 amide bonds. The number of imidazole rings is 1. The third-order valence-electron chi connectivity index (χ3n) is 3.67. The molecule has 6 heteroatoms. The van der Waals surface area contributed by atoms with Crippen molar-refractivity contribution in [1.82, 2.24) is 18.7 Å². The minimum Gasteiger partial charge on any atom is -0.324 e. The van der Waals surface area contributed by atoms with E-state index in [1.165, 1.54) is 11.6 Å². The lowest BCUT2D eigenvalue weighted by Crippen LogP contribution is -2.38. The topological polar surface area (TPSA) is 61.8 Å². The summed E-state index contributed by atoms with van der Waals surface area (Å²) in [5, 5.41) is 0. The second-order valence-electron chi connectivity index (χ2n) is 6.92. The Morgan fingerprint density at radius 3 is 2.35 bits per heavy atom. The van der Waals surface area contributed by atoms with Gasteiger partial charge in [-0.05, 0) is 17.5 Å². The van der Waals surface area contributed by atoms with Crippen LogP contribution in [0.1, 0.15) is 20.8 Å². The van der Waals surface area contributed by atoms with Crippen LogP contribution >= 0.6 is 0 Å². The Morgan fingerprint density at radius 1 is 1.09 bits per heavy atom. The number of aromatic nitrogens is 4. The van der Waals surface area contributed by atoms with Crippen LogP contribution in [0.2, 0.25) is 0 Å². The van der Waals surface area contributed by atoms with E-state index in [0.29, 0.717) is 23.4 Å². The molecule has 0 N–H and O–H groups in total. The molecule has 0 aliphatic heterocycles. The highest BCUT2D eigenvalue weighted by atomic mass is 16.2. The van der Waals surface area contributed by atoms with Gasteiger partial charge in [-0.15, -0.1) is 0 Å². The van der Waals surface area contributed by atoms with Gasteiger partial charge in [0.15, 0.2) is 11.2 Å². The van der Waals surface area contributed by atoms with Gasteiger partial charge in [-0.25, -0.2) is 14.3 Å². The summed E-state index contributed by atoms with van der Waals surface area (Å²) in [7, 11) is 1.50. The number of rotatable bonds is 2. The molecule has 0 spiro atoms. The van der Waals surface area contributed by atoms with Crippen molar-refractivity contribution >= 4 is 11.2 Å². The Balaban J connectivity index is 2.39. The molecule has 0 fully saturated rings. The molecule has 0 bridgehead atoms. The van der Waals surface area contributed by atoms with Crippen molar-refractivity contribution in [2.24, 2.45) is 12.5 Å². The van der Waals surface area contributed by atoms with E-state index >= 15 is 0 Å². The van der Waals surface area contributed by atoms with Gasteiger partial charge in [-0.1, -0.05) is 39.0 Å². The summed E-state index contributed by atoms with van der Waals surface area (Å²) in [4.78, 5) is 29.5. The fourth-order valence-electron chi connectivity index (χ4n) is 2.68. The third kappa shape index (κ3) is 2.60. The molecule has 6 nitrogen and oxygen atoms in total. The molecule has 0 radical (unpaired) electrons. The van der Waals surface area contributed by atoms with Crippen molar-refractivity contribution in [3.63, 3.8) is 0 Å². The van der Waals surface area contributed by atoms with Crippen molar-refractivity contribution in [2.75, 3.05) is 0 Å².